The summed E-state index contributed by atoms with van der Waals surface area (Å²) in [7, 11) is 4.06. The topological polar surface area (TPSA) is 48.3 Å². The zero-order chi connectivity index (χ0) is 15.7. The van der Waals surface area contributed by atoms with Crippen molar-refractivity contribution in [2.24, 2.45) is 5.41 Å². The summed E-state index contributed by atoms with van der Waals surface area (Å²) in [5.41, 5.74) is 1.20. The highest BCUT2D eigenvalue weighted by atomic mass is 16.5. The maximum atomic E-state index is 8.66. The molecule has 0 atom stereocenters. The maximum Gasteiger partial charge on any atom is 0.119 e. The fourth-order valence-electron chi connectivity index (χ4n) is 1.84. The Balaban J connectivity index is 2.39. The van der Waals surface area contributed by atoms with Crippen LogP contribution in [-0.4, -0.2) is 38.7 Å². The molecule has 0 bridgehead atoms. The van der Waals surface area contributed by atoms with Gasteiger partial charge in [0.25, 0.3) is 0 Å². The van der Waals surface area contributed by atoms with Crippen LogP contribution < -0.4 is 10.1 Å². The number of hydrogen-bond acceptors (Lipinski definition) is 4. The van der Waals surface area contributed by atoms with Gasteiger partial charge in [0.05, 0.1) is 6.07 Å². The molecule has 0 aliphatic carbocycles. The van der Waals surface area contributed by atoms with Crippen molar-refractivity contribution >= 4 is 5.69 Å². The Labute approximate surface area is 128 Å². The molecule has 0 radical (unpaired) electrons. The summed E-state index contributed by atoms with van der Waals surface area (Å²) in [5, 5.41) is 12.1. The van der Waals surface area contributed by atoms with Gasteiger partial charge in [0.2, 0.25) is 0 Å². The fourth-order valence-corrected chi connectivity index (χ4v) is 1.84. The van der Waals surface area contributed by atoms with Gasteiger partial charge in [-0.15, -0.1) is 0 Å². The van der Waals surface area contributed by atoms with E-state index in [2.05, 4.69) is 30.1 Å². The summed E-state index contributed by atoms with van der Waals surface area (Å²) in [5.74, 6) is 0.895. The van der Waals surface area contributed by atoms with Gasteiger partial charge in [-0.2, -0.15) is 5.26 Å². The second-order valence-corrected chi connectivity index (χ2v) is 6.35. The average Bonchev–Trinajstić information content (AvgIpc) is 2.44. The van der Waals surface area contributed by atoms with Crippen molar-refractivity contribution in [2.75, 3.05) is 39.1 Å². The number of nitrogens with zero attached hydrogens (tertiary/aromatic N) is 2. The Kier molecular flexibility index (Phi) is 7.04. The van der Waals surface area contributed by atoms with Crippen LogP contribution in [0, 0.1) is 16.7 Å². The molecule has 1 aromatic rings. The summed E-state index contributed by atoms with van der Waals surface area (Å²) in [6.45, 7) is 6.82. The van der Waals surface area contributed by atoms with Gasteiger partial charge >= 0.3 is 0 Å². The van der Waals surface area contributed by atoms with E-state index in [0.717, 1.165) is 30.9 Å². The Morgan fingerprint density at radius 3 is 2.48 bits per heavy atom. The molecular formula is C17H27N3O. The highest BCUT2D eigenvalue weighted by molar-refractivity contribution is 5.46. The lowest BCUT2D eigenvalue weighted by Crippen LogP contribution is -2.22. The Hall–Kier alpha value is -1.73. The van der Waals surface area contributed by atoms with Crippen LogP contribution in [0.5, 0.6) is 5.75 Å². The van der Waals surface area contributed by atoms with Crippen molar-refractivity contribution in [3.63, 3.8) is 0 Å². The first-order chi connectivity index (χ1) is 9.93. The third-order valence-electron chi connectivity index (χ3n) is 3.35. The second kappa shape index (κ2) is 8.53. The Bertz CT molecular complexity index is 446. The Morgan fingerprint density at radius 2 is 1.90 bits per heavy atom. The molecule has 1 aromatic carbocycles. The summed E-state index contributed by atoms with van der Waals surface area (Å²) in [6, 6.07) is 10.2. The van der Waals surface area contributed by atoms with E-state index in [0.29, 0.717) is 13.0 Å². The van der Waals surface area contributed by atoms with Crippen molar-refractivity contribution in [1.29, 1.82) is 5.26 Å². The normalized spacial score (nSPS) is 11.2. The highest BCUT2D eigenvalue weighted by Gasteiger charge is 2.16. The zero-order valence-corrected chi connectivity index (χ0v) is 13.6. The van der Waals surface area contributed by atoms with Crippen molar-refractivity contribution in [3.8, 4) is 11.8 Å². The fraction of sp³-hybridized carbons (Fsp3) is 0.588. The number of ether oxygens (including phenoxy) is 1. The highest BCUT2D eigenvalue weighted by Crippen LogP contribution is 2.23. The third-order valence-corrected chi connectivity index (χ3v) is 3.35. The molecule has 4 nitrogen and oxygen atoms in total. The molecule has 1 rings (SSSR count). The van der Waals surface area contributed by atoms with Crippen molar-refractivity contribution in [2.45, 2.75) is 26.7 Å². The lowest BCUT2D eigenvalue weighted by Gasteiger charge is -2.24. The standard InChI is InChI=1S/C17H27N3O/c1-17(2,10-5-11-18)14-19-15-6-8-16(9-7-15)21-13-12-20(3)4/h6-9,19H,5,10,12-14H2,1-4H3. The van der Waals surface area contributed by atoms with Gasteiger partial charge in [0.15, 0.2) is 0 Å². The van der Waals surface area contributed by atoms with E-state index in [1.807, 2.05) is 38.4 Å². The molecule has 4 heteroatoms. The van der Waals surface area contributed by atoms with Gasteiger partial charge in [-0.3, -0.25) is 0 Å². The Morgan fingerprint density at radius 1 is 1.24 bits per heavy atom. The minimum absolute atomic E-state index is 0.122. The van der Waals surface area contributed by atoms with E-state index in [9.17, 15) is 0 Å². The average molecular weight is 289 g/mol. The second-order valence-electron chi connectivity index (χ2n) is 6.35. The molecule has 21 heavy (non-hydrogen) atoms. The monoisotopic (exact) mass is 289 g/mol. The minimum atomic E-state index is 0.122. The molecule has 1 N–H and O–H groups in total. The van der Waals surface area contributed by atoms with E-state index in [-0.39, 0.29) is 5.41 Å². The molecule has 0 saturated heterocycles. The van der Waals surface area contributed by atoms with Crippen LogP contribution >= 0.6 is 0 Å². The van der Waals surface area contributed by atoms with Crippen LogP contribution in [0.3, 0.4) is 0 Å². The number of nitrogens with one attached hydrogen (secondary N) is 1. The lowest BCUT2D eigenvalue weighted by atomic mass is 9.88. The van der Waals surface area contributed by atoms with Crippen LogP contribution in [-0.2, 0) is 0 Å². The summed E-state index contributed by atoms with van der Waals surface area (Å²) in [6.07, 6.45) is 1.51. The van der Waals surface area contributed by atoms with E-state index >= 15 is 0 Å². The van der Waals surface area contributed by atoms with E-state index in [1.54, 1.807) is 0 Å². The van der Waals surface area contributed by atoms with Gasteiger partial charge in [-0.05, 0) is 50.2 Å². The number of hydrogen-bond donors (Lipinski definition) is 1. The molecule has 0 aliphatic rings. The van der Waals surface area contributed by atoms with Gasteiger partial charge in [-0.1, -0.05) is 13.8 Å². The molecule has 0 unspecified atom stereocenters. The first-order valence-corrected chi connectivity index (χ1v) is 7.41. The number of benzene rings is 1. The number of nitriles is 1. The van der Waals surface area contributed by atoms with Crippen LogP contribution in [0.25, 0.3) is 0 Å². The van der Waals surface area contributed by atoms with Crippen LogP contribution in [0.4, 0.5) is 5.69 Å². The van der Waals surface area contributed by atoms with E-state index < -0.39 is 0 Å². The predicted molar refractivity (Wildman–Crippen MR) is 87.6 cm³/mol. The molecule has 0 amide bonds. The summed E-state index contributed by atoms with van der Waals surface area (Å²) >= 11 is 0. The number of rotatable bonds is 9. The first kappa shape index (κ1) is 17.3. The van der Waals surface area contributed by atoms with Crippen LogP contribution in [0.15, 0.2) is 24.3 Å². The molecule has 0 spiro atoms. The van der Waals surface area contributed by atoms with Gasteiger partial charge in [0.1, 0.15) is 12.4 Å². The van der Waals surface area contributed by atoms with Crippen molar-refractivity contribution in [1.82, 2.24) is 4.90 Å². The first-order valence-electron chi connectivity index (χ1n) is 7.41. The molecule has 116 valence electrons. The zero-order valence-electron chi connectivity index (χ0n) is 13.6. The largest absolute Gasteiger partial charge is 0.492 e. The maximum absolute atomic E-state index is 8.66. The SMILES string of the molecule is CN(C)CCOc1ccc(NCC(C)(C)CCC#N)cc1. The summed E-state index contributed by atoms with van der Waals surface area (Å²) < 4.78 is 5.66. The molecule has 0 saturated carbocycles. The molecule has 0 fully saturated rings. The predicted octanol–water partition coefficient (Wildman–Crippen LogP) is 3.37. The molecule has 0 aromatic heterocycles. The molecule has 0 aliphatic heterocycles. The van der Waals surface area contributed by atoms with Gasteiger partial charge in [-0.25, -0.2) is 0 Å². The smallest absolute Gasteiger partial charge is 0.119 e. The summed E-state index contributed by atoms with van der Waals surface area (Å²) in [4.78, 5) is 2.10. The van der Waals surface area contributed by atoms with Crippen LogP contribution in [0.1, 0.15) is 26.7 Å². The number of anilines is 1. The molecular weight excluding hydrogens is 262 g/mol. The van der Waals surface area contributed by atoms with Crippen molar-refractivity contribution in [3.05, 3.63) is 24.3 Å². The number of likely N-dealkylation sites (N-methyl/N-ethyl adjacent to an activating group) is 1. The van der Waals surface area contributed by atoms with E-state index in [4.69, 9.17) is 10.00 Å². The van der Waals surface area contributed by atoms with Gasteiger partial charge < -0.3 is 15.0 Å². The van der Waals surface area contributed by atoms with Crippen molar-refractivity contribution < 1.29 is 4.74 Å². The quantitative estimate of drug-likeness (QED) is 0.757. The van der Waals surface area contributed by atoms with Crippen LogP contribution in [0.2, 0.25) is 0 Å². The minimum Gasteiger partial charge on any atom is -0.492 e. The van der Waals surface area contributed by atoms with Gasteiger partial charge in [0, 0.05) is 25.2 Å². The van der Waals surface area contributed by atoms with E-state index in [1.165, 1.54) is 0 Å². The lowest BCUT2D eigenvalue weighted by molar-refractivity contribution is 0.261. The molecule has 0 heterocycles. The third kappa shape index (κ3) is 7.57.